The molecule has 1 amide bonds. The minimum atomic E-state index is 0.0128. The summed E-state index contributed by atoms with van der Waals surface area (Å²) in [7, 11) is 0. The van der Waals surface area contributed by atoms with Crippen molar-refractivity contribution in [3.63, 3.8) is 0 Å². The molecule has 1 aromatic heterocycles. The van der Waals surface area contributed by atoms with Crippen molar-refractivity contribution in [3.05, 3.63) is 17.0 Å². The third kappa shape index (κ3) is 5.03. The van der Waals surface area contributed by atoms with Crippen LogP contribution in [0.3, 0.4) is 0 Å². The number of hydrogen-bond acceptors (Lipinski definition) is 3. The maximum Gasteiger partial charge on any atom is 0.224 e. The molecule has 0 saturated carbocycles. The molecule has 5 nitrogen and oxygen atoms in total. The number of amides is 1. The largest absolute Gasteiger partial charge is 0.396 e. The second-order valence-electron chi connectivity index (χ2n) is 5.86. The van der Waals surface area contributed by atoms with E-state index in [-0.39, 0.29) is 17.9 Å². The average Bonchev–Trinajstić information content (AvgIpc) is 2.66. The van der Waals surface area contributed by atoms with Crippen molar-refractivity contribution >= 4 is 5.91 Å². The van der Waals surface area contributed by atoms with E-state index in [0.29, 0.717) is 13.0 Å². The molecular formula is C14H25N3O2. The van der Waals surface area contributed by atoms with Crippen molar-refractivity contribution in [3.8, 4) is 0 Å². The van der Waals surface area contributed by atoms with Gasteiger partial charge in [-0.25, -0.2) is 0 Å². The van der Waals surface area contributed by atoms with E-state index in [1.165, 1.54) is 0 Å². The predicted octanol–water partition coefficient (Wildman–Crippen LogP) is 1.48. The number of aromatic amines is 1. The molecule has 0 unspecified atom stereocenters. The van der Waals surface area contributed by atoms with Crippen molar-refractivity contribution in [1.82, 2.24) is 15.5 Å². The van der Waals surface area contributed by atoms with Gasteiger partial charge in [-0.2, -0.15) is 5.10 Å². The number of aromatic nitrogens is 2. The lowest BCUT2D eigenvalue weighted by molar-refractivity contribution is -0.120. The van der Waals surface area contributed by atoms with Crippen LogP contribution in [0.5, 0.6) is 0 Å². The first-order valence-corrected chi connectivity index (χ1v) is 6.74. The summed E-state index contributed by atoms with van der Waals surface area (Å²) in [4.78, 5) is 11.9. The Bertz CT molecular complexity index is 405. The number of aliphatic hydroxyl groups excluding tert-OH is 1. The van der Waals surface area contributed by atoms with Gasteiger partial charge in [0.05, 0.1) is 12.1 Å². The van der Waals surface area contributed by atoms with Gasteiger partial charge in [-0.3, -0.25) is 9.89 Å². The minimum absolute atomic E-state index is 0.0128. The second-order valence-corrected chi connectivity index (χ2v) is 5.86. The summed E-state index contributed by atoms with van der Waals surface area (Å²) >= 11 is 0. The predicted molar refractivity (Wildman–Crippen MR) is 74.9 cm³/mol. The highest BCUT2D eigenvalue weighted by atomic mass is 16.2. The number of nitrogens with zero attached hydrogens (tertiary/aromatic N) is 1. The molecule has 0 saturated heterocycles. The topological polar surface area (TPSA) is 78.0 Å². The van der Waals surface area contributed by atoms with Crippen molar-refractivity contribution < 1.29 is 9.90 Å². The van der Waals surface area contributed by atoms with E-state index < -0.39 is 0 Å². The van der Waals surface area contributed by atoms with Crippen LogP contribution in [0.4, 0.5) is 0 Å². The van der Waals surface area contributed by atoms with Crippen LogP contribution in [0.2, 0.25) is 0 Å². The quantitative estimate of drug-likeness (QED) is 0.700. The minimum Gasteiger partial charge on any atom is -0.396 e. The Balaban J connectivity index is 2.44. The van der Waals surface area contributed by atoms with Gasteiger partial charge in [0.2, 0.25) is 5.91 Å². The zero-order valence-corrected chi connectivity index (χ0v) is 12.3. The molecule has 0 aliphatic rings. The standard InChI is InChI=1S/C14H25N3O2/c1-10-12(11(2)17-16-10)8-13(19)15-9-14(3,4)6-5-7-18/h18H,5-9H2,1-4H3,(H,15,19)(H,16,17). The molecule has 108 valence electrons. The van der Waals surface area contributed by atoms with Crippen LogP contribution in [0.25, 0.3) is 0 Å². The monoisotopic (exact) mass is 267 g/mol. The van der Waals surface area contributed by atoms with E-state index >= 15 is 0 Å². The molecular weight excluding hydrogens is 242 g/mol. The Kier molecular flexibility index (Phi) is 5.54. The Labute approximate surface area is 114 Å². The molecule has 0 bridgehead atoms. The number of aliphatic hydroxyl groups is 1. The SMILES string of the molecule is Cc1n[nH]c(C)c1CC(=O)NCC(C)(C)CCCO. The van der Waals surface area contributed by atoms with Gasteiger partial charge in [0.1, 0.15) is 0 Å². The van der Waals surface area contributed by atoms with Gasteiger partial charge in [-0.05, 0) is 32.1 Å². The molecule has 19 heavy (non-hydrogen) atoms. The Morgan fingerprint density at radius 1 is 1.42 bits per heavy atom. The van der Waals surface area contributed by atoms with Gasteiger partial charge in [-0.1, -0.05) is 13.8 Å². The summed E-state index contributed by atoms with van der Waals surface area (Å²) in [6.07, 6.45) is 2.03. The van der Waals surface area contributed by atoms with Crippen LogP contribution in [0, 0.1) is 19.3 Å². The summed E-state index contributed by atoms with van der Waals surface area (Å²) < 4.78 is 0. The van der Waals surface area contributed by atoms with Gasteiger partial charge >= 0.3 is 0 Å². The molecule has 1 rings (SSSR count). The number of carbonyl (C=O) groups is 1. The van der Waals surface area contributed by atoms with Gasteiger partial charge in [0.15, 0.2) is 0 Å². The zero-order valence-electron chi connectivity index (χ0n) is 12.3. The Morgan fingerprint density at radius 3 is 2.63 bits per heavy atom. The second kappa shape index (κ2) is 6.70. The van der Waals surface area contributed by atoms with Gasteiger partial charge in [-0.15, -0.1) is 0 Å². The molecule has 0 atom stereocenters. The van der Waals surface area contributed by atoms with Gasteiger partial charge in [0, 0.05) is 24.4 Å². The van der Waals surface area contributed by atoms with Crippen molar-refractivity contribution in [1.29, 1.82) is 0 Å². The van der Waals surface area contributed by atoms with Crippen LogP contribution in [0.1, 0.15) is 43.6 Å². The fraction of sp³-hybridized carbons (Fsp3) is 0.714. The Hall–Kier alpha value is -1.36. The number of hydrogen-bond donors (Lipinski definition) is 3. The first-order valence-electron chi connectivity index (χ1n) is 6.74. The van der Waals surface area contributed by atoms with Crippen LogP contribution >= 0.6 is 0 Å². The summed E-state index contributed by atoms with van der Waals surface area (Å²) in [5.74, 6) is 0.0182. The molecule has 3 N–H and O–H groups in total. The first kappa shape index (κ1) is 15.7. The number of nitrogens with one attached hydrogen (secondary N) is 2. The molecule has 0 radical (unpaired) electrons. The molecule has 0 fully saturated rings. The molecule has 0 aromatic carbocycles. The number of rotatable bonds is 7. The van der Waals surface area contributed by atoms with Crippen molar-refractivity contribution in [2.75, 3.05) is 13.2 Å². The van der Waals surface area contributed by atoms with E-state index in [1.807, 2.05) is 13.8 Å². The number of H-pyrrole nitrogens is 1. The normalized spacial score (nSPS) is 11.6. The van der Waals surface area contributed by atoms with Crippen LogP contribution in [-0.2, 0) is 11.2 Å². The smallest absolute Gasteiger partial charge is 0.224 e. The highest BCUT2D eigenvalue weighted by Gasteiger charge is 2.19. The lowest BCUT2D eigenvalue weighted by Gasteiger charge is -2.24. The van der Waals surface area contributed by atoms with Gasteiger partial charge in [0.25, 0.3) is 0 Å². The Morgan fingerprint density at radius 2 is 2.11 bits per heavy atom. The number of carbonyl (C=O) groups excluding carboxylic acids is 1. The maximum atomic E-state index is 11.9. The average molecular weight is 267 g/mol. The van der Waals surface area contributed by atoms with E-state index in [4.69, 9.17) is 5.11 Å². The third-order valence-corrected chi connectivity index (χ3v) is 3.39. The van der Waals surface area contributed by atoms with Crippen LogP contribution in [-0.4, -0.2) is 34.4 Å². The highest BCUT2D eigenvalue weighted by Crippen LogP contribution is 2.20. The summed E-state index contributed by atoms with van der Waals surface area (Å²) in [6, 6.07) is 0. The first-order chi connectivity index (χ1) is 8.85. The highest BCUT2D eigenvalue weighted by molar-refractivity contribution is 5.79. The zero-order chi connectivity index (χ0) is 14.5. The third-order valence-electron chi connectivity index (χ3n) is 3.39. The molecule has 1 aromatic rings. The van der Waals surface area contributed by atoms with E-state index in [9.17, 15) is 4.79 Å². The van der Waals surface area contributed by atoms with Gasteiger partial charge < -0.3 is 10.4 Å². The molecule has 1 heterocycles. The fourth-order valence-electron chi connectivity index (χ4n) is 2.04. The van der Waals surface area contributed by atoms with Crippen molar-refractivity contribution in [2.45, 2.75) is 47.0 Å². The summed E-state index contributed by atoms with van der Waals surface area (Å²) in [5, 5.41) is 18.8. The van der Waals surface area contributed by atoms with E-state index in [2.05, 4.69) is 29.4 Å². The van der Waals surface area contributed by atoms with Crippen LogP contribution in [0.15, 0.2) is 0 Å². The number of aryl methyl sites for hydroxylation is 2. The molecule has 0 aliphatic heterocycles. The molecule has 0 aliphatic carbocycles. The van der Waals surface area contributed by atoms with E-state index in [0.717, 1.165) is 29.8 Å². The van der Waals surface area contributed by atoms with Crippen LogP contribution < -0.4 is 5.32 Å². The summed E-state index contributed by atoms with van der Waals surface area (Å²) in [5.41, 5.74) is 2.82. The molecule has 5 heteroatoms. The maximum absolute atomic E-state index is 11.9. The summed E-state index contributed by atoms with van der Waals surface area (Å²) in [6.45, 7) is 8.84. The lowest BCUT2D eigenvalue weighted by Crippen LogP contribution is -2.35. The van der Waals surface area contributed by atoms with E-state index in [1.54, 1.807) is 0 Å². The lowest BCUT2D eigenvalue weighted by atomic mass is 9.88. The fourth-order valence-corrected chi connectivity index (χ4v) is 2.04. The molecule has 0 spiro atoms. The van der Waals surface area contributed by atoms with Crippen molar-refractivity contribution in [2.24, 2.45) is 5.41 Å².